The third kappa shape index (κ3) is 16.5. The van der Waals surface area contributed by atoms with Crippen molar-refractivity contribution in [3.8, 4) is 23.8 Å². The Morgan fingerprint density at radius 2 is 1.76 bits per heavy atom. The minimum Gasteiger partial charge on any atom is -0.480 e. The number of furan rings is 1. The quantitative estimate of drug-likeness (QED) is 0.0444. The Balaban J connectivity index is 0.000000247. The predicted molar refractivity (Wildman–Crippen MR) is 265 cm³/mol. The van der Waals surface area contributed by atoms with Gasteiger partial charge in [0.05, 0.1) is 34.2 Å². The third-order valence-corrected chi connectivity index (χ3v) is 12.6. The van der Waals surface area contributed by atoms with Gasteiger partial charge in [0.25, 0.3) is 5.91 Å². The van der Waals surface area contributed by atoms with E-state index in [1.54, 1.807) is 48.8 Å². The second kappa shape index (κ2) is 27.4. The van der Waals surface area contributed by atoms with Crippen molar-refractivity contribution in [3.05, 3.63) is 92.0 Å². The number of fused-ring (bicyclic) bond motifs is 1. The zero-order valence-electron chi connectivity index (χ0n) is 38.6. The number of carboxylic acid groups (broad SMARTS) is 1. The lowest BCUT2D eigenvalue weighted by Gasteiger charge is -2.29. The van der Waals surface area contributed by atoms with E-state index in [0.29, 0.717) is 40.3 Å². The van der Waals surface area contributed by atoms with Crippen LogP contribution >= 0.6 is 65.4 Å². The largest absolute Gasteiger partial charge is 0.480 e. The SMILES string of the molecule is C#CCOc1cc(-n2nc3n(c2=O)CCCC3)c(Cl)cc1Cl.CC1(C)OC(c2ccco2)CN1C(=O)C(Cl)Cl.CCc1cccc(CC)c1N(COC)C(=O)CCl.CP(=O)(O)CCC(N)C(=O)O. The highest BCUT2D eigenvalue weighted by Crippen LogP contribution is 2.38. The van der Waals surface area contributed by atoms with Gasteiger partial charge in [-0.2, -0.15) is 4.68 Å². The molecule has 0 radical (unpaired) electrons. The molecule has 0 spiro atoms. The van der Waals surface area contributed by atoms with Crippen LogP contribution in [-0.4, -0.2) is 109 Å². The Hall–Kier alpha value is -4.05. The monoisotopic (exact) mass is 1060 g/mol. The Kier molecular flexibility index (Phi) is 23.5. The molecule has 2 aromatic heterocycles. The minimum atomic E-state index is -3.10. The first kappa shape index (κ1) is 58.3. The van der Waals surface area contributed by atoms with E-state index in [4.69, 9.17) is 98.8 Å². The third-order valence-electron chi connectivity index (χ3n) is 10.3. The van der Waals surface area contributed by atoms with Crippen LogP contribution in [0.1, 0.15) is 75.8 Å². The summed E-state index contributed by atoms with van der Waals surface area (Å²) in [6.45, 7) is 10.3. The number of nitrogens with zero attached hydrogens (tertiary/aromatic N) is 5. The number of alkyl halides is 3. The molecule has 1 saturated heterocycles. The van der Waals surface area contributed by atoms with Gasteiger partial charge in [-0.3, -0.25) is 28.4 Å². The number of carboxylic acids is 1. The number of methoxy groups -OCH3 is 1. The number of para-hydroxylation sites is 1. The molecule has 0 saturated carbocycles. The zero-order chi connectivity index (χ0) is 50.9. The number of nitrogens with two attached hydrogens (primary N) is 1. The van der Waals surface area contributed by atoms with E-state index in [1.165, 1.54) is 22.3 Å². The molecule has 4 aromatic rings. The van der Waals surface area contributed by atoms with Gasteiger partial charge >= 0.3 is 11.7 Å². The van der Waals surface area contributed by atoms with Crippen molar-refractivity contribution < 1.29 is 47.6 Å². The molecule has 3 unspecified atom stereocenters. The number of benzene rings is 2. The normalized spacial score (nSPS) is 16.0. The number of hydrogen-bond donors (Lipinski definition) is 3. The average Bonchev–Trinajstić information content (AvgIpc) is 4.04. The van der Waals surface area contributed by atoms with Crippen molar-refractivity contribution in [2.24, 2.45) is 5.73 Å². The summed E-state index contributed by atoms with van der Waals surface area (Å²) < 4.78 is 35.2. The second-order valence-corrected chi connectivity index (χ2v) is 20.5. The number of amides is 2. The predicted octanol–water partition coefficient (Wildman–Crippen LogP) is 8.08. The van der Waals surface area contributed by atoms with Crippen LogP contribution in [0.2, 0.25) is 10.0 Å². The Morgan fingerprint density at radius 3 is 2.28 bits per heavy atom. The Bertz CT molecular complexity index is 2430. The van der Waals surface area contributed by atoms with Crippen LogP contribution < -0.4 is 21.1 Å². The summed E-state index contributed by atoms with van der Waals surface area (Å²) in [7, 11) is -1.52. The van der Waals surface area contributed by atoms with Crippen LogP contribution in [0.4, 0.5) is 5.69 Å². The van der Waals surface area contributed by atoms with Gasteiger partial charge in [0.15, 0.2) is 12.2 Å². The maximum absolute atomic E-state index is 12.5. The summed E-state index contributed by atoms with van der Waals surface area (Å²) in [5.41, 5.74) is 7.82. The van der Waals surface area contributed by atoms with Gasteiger partial charge in [0.2, 0.25) is 5.91 Å². The number of terminal acetylenes is 1. The summed E-state index contributed by atoms with van der Waals surface area (Å²) in [4.78, 5) is 57.2. The van der Waals surface area contributed by atoms with Crippen LogP contribution in [0, 0.1) is 12.3 Å². The van der Waals surface area contributed by atoms with Crippen LogP contribution in [-0.2, 0) is 54.2 Å². The van der Waals surface area contributed by atoms with E-state index >= 15 is 0 Å². The number of hydrogen-bond acceptors (Lipinski definition) is 11. The molecule has 1 fully saturated rings. The smallest absolute Gasteiger partial charge is 0.350 e. The topological polar surface area (TPSA) is 222 Å². The number of aromatic nitrogens is 3. The molecule has 3 atom stereocenters. The lowest BCUT2D eigenvalue weighted by atomic mass is 10.0. The van der Waals surface area contributed by atoms with Gasteiger partial charge in [-0.25, -0.2) is 4.79 Å². The zero-order valence-corrected chi connectivity index (χ0v) is 43.3. The molecule has 23 heteroatoms. The molecule has 6 rings (SSSR count). The van der Waals surface area contributed by atoms with Gasteiger partial charge in [-0.15, -0.1) is 23.1 Å². The Labute approximate surface area is 421 Å². The summed E-state index contributed by atoms with van der Waals surface area (Å²) in [6, 6.07) is 11.8. The van der Waals surface area contributed by atoms with Crippen LogP contribution in [0.15, 0.2) is 57.9 Å². The fourth-order valence-electron chi connectivity index (χ4n) is 6.92. The number of aryl methyl sites for hydroxylation is 3. The van der Waals surface area contributed by atoms with E-state index in [-0.39, 0.29) is 55.4 Å². The molecule has 4 heterocycles. The fourth-order valence-corrected chi connectivity index (χ4v) is 8.58. The molecular formula is C45H58Cl5N6O11P. The molecule has 2 aromatic carbocycles. The first-order chi connectivity index (χ1) is 32.0. The summed E-state index contributed by atoms with van der Waals surface area (Å²) in [5, 5.41) is 13.3. The number of carbonyl (C=O) groups excluding carboxylic acids is 2. The van der Waals surface area contributed by atoms with Gasteiger partial charge in [-0.05, 0) is 75.3 Å². The molecule has 4 N–H and O–H groups in total. The summed E-state index contributed by atoms with van der Waals surface area (Å²) in [6.07, 6.45) is 11.0. The number of halogens is 5. The van der Waals surface area contributed by atoms with Crippen molar-refractivity contribution in [2.75, 3.05) is 50.6 Å². The van der Waals surface area contributed by atoms with Gasteiger partial charge < -0.3 is 39.3 Å². The molecule has 0 bridgehead atoms. The number of aliphatic carboxylic acids is 1. The Morgan fingerprint density at radius 1 is 1.10 bits per heavy atom. The molecule has 17 nitrogen and oxygen atoms in total. The average molecular weight is 1070 g/mol. The standard InChI is InChI=1S/C15H13Cl2N3O2.C14H20ClNO2.C11H13Cl2NO3.C5H12NO4P/c1-2-7-22-13-9-12(10(16)8-11(13)17)20-15(21)19-6-4-3-5-14(19)18-20;1-4-11-7-6-8-12(5-2)14(11)16(10-18-3)13(17)9-15;1-11(2)14(10(15)9(12)13)6-8(17-11)7-4-3-5-16-7;1-11(9,10)3-2-4(6)5(7)8/h1,8-9H,3-7H2;6-8H,4-5,9-10H2,1-3H3;3-5,8-9H,6H2,1-2H3;4H,2-3,6H2,1H3,(H,7,8)(H,9,10). The van der Waals surface area contributed by atoms with E-state index < -0.39 is 29.9 Å². The minimum absolute atomic E-state index is 0.0371. The van der Waals surface area contributed by atoms with E-state index in [9.17, 15) is 23.7 Å². The van der Waals surface area contributed by atoms with Gasteiger partial charge in [0.1, 0.15) is 54.4 Å². The number of carbonyl (C=O) groups is 3. The van der Waals surface area contributed by atoms with Crippen molar-refractivity contribution >= 4 is 88.8 Å². The molecule has 374 valence electrons. The molecule has 0 aliphatic carbocycles. The molecule has 2 aliphatic rings. The van der Waals surface area contributed by atoms with Gasteiger partial charge in [0, 0.05) is 39.0 Å². The molecule has 68 heavy (non-hydrogen) atoms. The highest BCUT2D eigenvalue weighted by Gasteiger charge is 2.45. The highest BCUT2D eigenvalue weighted by atomic mass is 35.5. The van der Waals surface area contributed by atoms with Crippen molar-refractivity contribution in [1.29, 1.82) is 0 Å². The second-order valence-electron chi connectivity index (χ2n) is 15.8. The highest BCUT2D eigenvalue weighted by molar-refractivity contribution is 7.57. The summed E-state index contributed by atoms with van der Waals surface area (Å²) >= 11 is 29.2. The van der Waals surface area contributed by atoms with Crippen LogP contribution in [0.25, 0.3) is 5.69 Å². The van der Waals surface area contributed by atoms with Crippen LogP contribution in [0.3, 0.4) is 0 Å². The first-order valence-corrected chi connectivity index (χ1v) is 25.8. The maximum atomic E-state index is 12.5. The number of anilines is 1. The summed E-state index contributed by atoms with van der Waals surface area (Å²) in [5.74, 6) is 2.54. The fraction of sp³-hybridized carbons (Fsp3) is 0.489. The van der Waals surface area contributed by atoms with Crippen LogP contribution in [0.5, 0.6) is 5.75 Å². The number of ether oxygens (including phenoxy) is 3. The number of rotatable bonds is 15. The van der Waals surface area contributed by atoms with Gasteiger partial charge in [-0.1, -0.05) is 84.4 Å². The molecule has 2 amide bonds. The molecular weight excluding hydrogens is 1010 g/mol. The van der Waals surface area contributed by atoms with E-state index in [1.807, 2.05) is 24.3 Å². The maximum Gasteiger partial charge on any atom is 0.350 e. The van der Waals surface area contributed by atoms with Crippen molar-refractivity contribution in [3.63, 3.8) is 0 Å². The molecule has 2 aliphatic heterocycles. The lowest BCUT2D eigenvalue weighted by Crippen LogP contribution is -2.45. The first-order valence-electron chi connectivity index (χ1n) is 21.3. The van der Waals surface area contributed by atoms with Crippen molar-refractivity contribution in [1.82, 2.24) is 19.2 Å². The lowest BCUT2D eigenvalue weighted by molar-refractivity contribution is -0.144. The van der Waals surface area contributed by atoms with Crippen molar-refractivity contribution in [2.45, 2.75) is 95.5 Å². The van der Waals surface area contributed by atoms with E-state index in [2.05, 4.69) is 24.9 Å². The van der Waals surface area contributed by atoms with E-state index in [0.717, 1.165) is 54.7 Å².